The van der Waals surface area contributed by atoms with Crippen molar-refractivity contribution in [1.82, 2.24) is 10.6 Å². The first-order valence-corrected chi connectivity index (χ1v) is 10.2. The molecular weight excluding hydrogens is 334 g/mol. The van der Waals surface area contributed by atoms with Gasteiger partial charge in [-0.2, -0.15) is 0 Å². The average molecular weight is 368 g/mol. The Balaban J connectivity index is 2.39. The van der Waals surface area contributed by atoms with Crippen LogP contribution in [-0.4, -0.2) is 52.2 Å². The van der Waals surface area contributed by atoms with Crippen LogP contribution in [0.1, 0.15) is 30.9 Å². The highest BCUT2D eigenvalue weighted by atomic mass is 32.2. The minimum atomic E-state index is 0.659. The van der Waals surface area contributed by atoms with Crippen LogP contribution in [0.2, 0.25) is 0 Å². The van der Waals surface area contributed by atoms with E-state index in [1.807, 2.05) is 0 Å². The quantitative estimate of drug-likeness (QED) is 0.257. The molecule has 0 aliphatic carbocycles. The summed E-state index contributed by atoms with van der Waals surface area (Å²) in [6, 6.07) is 6.54. The van der Waals surface area contributed by atoms with Crippen LogP contribution in [0, 0.1) is 6.92 Å². The predicted octanol–water partition coefficient (Wildman–Crippen LogP) is 3.22. The van der Waals surface area contributed by atoms with Crippen LogP contribution in [0.5, 0.6) is 0 Å². The number of hydrogen-bond donors (Lipinski definition) is 2. The maximum absolute atomic E-state index is 5.47. The summed E-state index contributed by atoms with van der Waals surface area (Å²) >= 11 is 1.77. The molecule has 0 saturated carbocycles. The number of nitrogens with zero attached hydrogens (tertiary/aromatic N) is 1. The Bertz CT molecular complexity index is 509. The fourth-order valence-electron chi connectivity index (χ4n) is 2.27. The number of methoxy groups -OCH3 is 1. The standard InChI is InChI=1S/C19H33N3O2S/c1-5-20-19(21-10-6-7-11-24-13-12-23-3)22-15-17-9-8-16(2)14-18(17)25-4/h8-9,14H,5-7,10-13,15H2,1-4H3,(H2,20,21,22). The molecule has 0 fully saturated rings. The molecule has 1 aromatic carbocycles. The van der Waals surface area contributed by atoms with Crippen LogP contribution in [0.25, 0.3) is 0 Å². The van der Waals surface area contributed by atoms with Gasteiger partial charge in [-0.1, -0.05) is 12.1 Å². The second kappa shape index (κ2) is 14.0. The molecule has 0 aliphatic rings. The van der Waals surface area contributed by atoms with Crippen LogP contribution >= 0.6 is 11.8 Å². The lowest BCUT2D eigenvalue weighted by Gasteiger charge is -2.12. The van der Waals surface area contributed by atoms with Crippen molar-refractivity contribution in [3.05, 3.63) is 29.3 Å². The Morgan fingerprint density at radius 3 is 2.72 bits per heavy atom. The second-order valence-electron chi connectivity index (χ2n) is 5.75. The molecule has 0 radical (unpaired) electrons. The van der Waals surface area contributed by atoms with Gasteiger partial charge in [0.25, 0.3) is 0 Å². The minimum Gasteiger partial charge on any atom is -0.382 e. The first kappa shape index (κ1) is 21.8. The molecule has 0 unspecified atom stereocenters. The molecule has 0 aromatic heterocycles. The van der Waals surface area contributed by atoms with Crippen LogP contribution < -0.4 is 10.6 Å². The van der Waals surface area contributed by atoms with E-state index in [2.05, 4.69) is 48.9 Å². The topological polar surface area (TPSA) is 54.9 Å². The Kier molecular flexibility index (Phi) is 12.2. The number of benzene rings is 1. The molecule has 0 heterocycles. The first-order valence-electron chi connectivity index (χ1n) is 8.93. The summed E-state index contributed by atoms with van der Waals surface area (Å²) in [4.78, 5) is 6.01. The molecule has 25 heavy (non-hydrogen) atoms. The highest BCUT2D eigenvalue weighted by Gasteiger charge is 2.03. The third-order valence-electron chi connectivity index (χ3n) is 3.63. The molecule has 1 rings (SSSR count). The monoisotopic (exact) mass is 367 g/mol. The van der Waals surface area contributed by atoms with Crippen LogP contribution in [0.4, 0.5) is 0 Å². The van der Waals surface area contributed by atoms with Crippen molar-refractivity contribution in [1.29, 1.82) is 0 Å². The third-order valence-corrected chi connectivity index (χ3v) is 4.45. The van der Waals surface area contributed by atoms with Gasteiger partial charge in [0, 0.05) is 31.7 Å². The number of aliphatic imine (C=N–C) groups is 1. The second-order valence-corrected chi connectivity index (χ2v) is 6.60. The smallest absolute Gasteiger partial charge is 0.191 e. The van der Waals surface area contributed by atoms with Gasteiger partial charge in [-0.15, -0.1) is 11.8 Å². The number of thioether (sulfide) groups is 1. The largest absolute Gasteiger partial charge is 0.382 e. The summed E-state index contributed by atoms with van der Waals surface area (Å²) in [5.41, 5.74) is 2.55. The number of rotatable bonds is 12. The van der Waals surface area contributed by atoms with Gasteiger partial charge in [0.15, 0.2) is 5.96 Å². The maximum Gasteiger partial charge on any atom is 0.191 e. The molecule has 6 heteroatoms. The molecular formula is C19H33N3O2S. The van der Waals surface area contributed by atoms with E-state index in [9.17, 15) is 0 Å². The molecule has 2 N–H and O–H groups in total. The fraction of sp³-hybridized carbons (Fsp3) is 0.632. The molecule has 1 aromatic rings. The van der Waals surface area contributed by atoms with Crippen molar-refractivity contribution in [3.63, 3.8) is 0 Å². The zero-order valence-electron chi connectivity index (χ0n) is 16.1. The van der Waals surface area contributed by atoms with Crippen LogP contribution in [0.3, 0.4) is 0 Å². The molecule has 0 bridgehead atoms. The van der Waals surface area contributed by atoms with Crippen molar-refractivity contribution in [3.8, 4) is 0 Å². The van der Waals surface area contributed by atoms with Gasteiger partial charge < -0.3 is 20.1 Å². The number of nitrogens with one attached hydrogen (secondary N) is 2. The SMILES string of the molecule is CCNC(=NCc1ccc(C)cc1SC)NCCCCOCCOC. The summed E-state index contributed by atoms with van der Waals surface area (Å²) < 4.78 is 10.4. The van der Waals surface area contributed by atoms with Gasteiger partial charge in [0.1, 0.15) is 0 Å². The fourth-order valence-corrected chi connectivity index (χ4v) is 2.97. The Morgan fingerprint density at radius 2 is 2.00 bits per heavy atom. The lowest BCUT2D eigenvalue weighted by molar-refractivity contribution is 0.0689. The van der Waals surface area contributed by atoms with Crippen molar-refractivity contribution >= 4 is 17.7 Å². The lowest BCUT2D eigenvalue weighted by atomic mass is 10.1. The van der Waals surface area contributed by atoms with Crippen LogP contribution in [0.15, 0.2) is 28.1 Å². The van der Waals surface area contributed by atoms with E-state index in [-0.39, 0.29) is 0 Å². The van der Waals surface area contributed by atoms with E-state index in [0.29, 0.717) is 19.8 Å². The lowest BCUT2D eigenvalue weighted by Crippen LogP contribution is -2.37. The van der Waals surface area contributed by atoms with E-state index in [4.69, 9.17) is 14.5 Å². The zero-order valence-corrected chi connectivity index (χ0v) is 16.9. The summed E-state index contributed by atoms with van der Waals surface area (Å²) in [6.45, 7) is 8.75. The van der Waals surface area contributed by atoms with E-state index in [1.165, 1.54) is 16.0 Å². The van der Waals surface area contributed by atoms with Crippen LogP contribution in [-0.2, 0) is 16.0 Å². The van der Waals surface area contributed by atoms with E-state index in [0.717, 1.165) is 38.5 Å². The Hall–Kier alpha value is -1.24. The molecule has 0 saturated heterocycles. The number of guanidine groups is 1. The molecule has 0 atom stereocenters. The van der Waals surface area contributed by atoms with Crippen molar-refractivity contribution in [2.24, 2.45) is 4.99 Å². The molecule has 0 spiro atoms. The summed E-state index contributed by atoms with van der Waals surface area (Å²) in [5.74, 6) is 0.871. The van der Waals surface area contributed by atoms with Crippen molar-refractivity contribution in [2.75, 3.05) is 46.3 Å². The molecule has 0 amide bonds. The van der Waals surface area contributed by atoms with Crippen molar-refractivity contribution < 1.29 is 9.47 Å². The number of unbranched alkanes of at least 4 members (excludes halogenated alkanes) is 1. The average Bonchev–Trinajstić information content (AvgIpc) is 2.62. The first-order chi connectivity index (χ1) is 12.2. The Labute approximate surface area is 157 Å². The van der Waals surface area contributed by atoms with E-state index < -0.39 is 0 Å². The van der Waals surface area contributed by atoms with Crippen molar-refractivity contribution in [2.45, 2.75) is 38.1 Å². The van der Waals surface area contributed by atoms with E-state index >= 15 is 0 Å². The van der Waals surface area contributed by atoms with Gasteiger partial charge >= 0.3 is 0 Å². The van der Waals surface area contributed by atoms with Gasteiger partial charge in [-0.05, 0) is 50.1 Å². The third kappa shape index (κ3) is 9.72. The molecule has 0 aliphatic heterocycles. The number of aryl methyl sites for hydroxylation is 1. The summed E-state index contributed by atoms with van der Waals surface area (Å²) in [7, 11) is 1.69. The summed E-state index contributed by atoms with van der Waals surface area (Å²) in [5, 5.41) is 6.70. The predicted molar refractivity (Wildman–Crippen MR) is 108 cm³/mol. The maximum atomic E-state index is 5.47. The van der Waals surface area contributed by atoms with Gasteiger partial charge in [0.2, 0.25) is 0 Å². The Morgan fingerprint density at radius 1 is 1.16 bits per heavy atom. The van der Waals surface area contributed by atoms with E-state index in [1.54, 1.807) is 18.9 Å². The molecule has 142 valence electrons. The highest BCUT2D eigenvalue weighted by molar-refractivity contribution is 7.98. The number of hydrogen-bond acceptors (Lipinski definition) is 4. The molecule has 5 nitrogen and oxygen atoms in total. The zero-order chi connectivity index (χ0) is 18.3. The minimum absolute atomic E-state index is 0.659. The highest BCUT2D eigenvalue weighted by Crippen LogP contribution is 2.22. The summed E-state index contributed by atoms with van der Waals surface area (Å²) in [6.07, 6.45) is 4.20. The van der Waals surface area contributed by atoms with Gasteiger partial charge in [0.05, 0.1) is 19.8 Å². The van der Waals surface area contributed by atoms with Gasteiger partial charge in [-0.3, -0.25) is 0 Å². The normalized spacial score (nSPS) is 11.6. The van der Waals surface area contributed by atoms with Gasteiger partial charge in [-0.25, -0.2) is 4.99 Å². The number of ether oxygens (including phenoxy) is 2.